The van der Waals surface area contributed by atoms with Crippen LogP contribution in [0.25, 0.3) is 50.3 Å². The van der Waals surface area contributed by atoms with Gasteiger partial charge in [-0.3, -0.25) is 4.57 Å². The highest BCUT2D eigenvalue weighted by Crippen LogP contribution is 2.44. The fourth-order valence-electron chi connectivity index (χ4n) is 10.9. The minimum atomic E-state index is -2.78. The minimum absolute atomic E-state index is 0.576. The summed E-state index contributed by atoms with van der Waals surface area (Å²) in [5.74, 6) is 2.46. The molecule has 0 spiro atoms. The van der Waals surface area contributed by atoms with Crippen molar-refractivity contribution in [1.29, 1.82) is 0 Å². The van der Waals surface area contributed by atoms with Crippen molar-refractivity contribution in [2.45, 2.75) is 51.1 Å². The van der Waals surface area contributed by atoms with Crippen molar-refractivity contribution in [2.75, 3.05) is 4.90 Å². The highest BCUT2D eigenvalue weighted by molar-refractivity contribution is 7.19. The second kappa shape index (κ2) is 15.2. The first-order valence-corrected chi connectivity index (χ1v) is 23.7. The summed E-state index contributed by atoms with van der Waals surface area (Å²) in [5.41, 5.74) is 6.64. The molecular weight excluding hydrogens is 745 g/mol. The Bertz CT molecular complexity index is 2850. The zero-order chi connectivity index (χ0) is 40.0. The number of para-hydroxylation sites is 1. The molecule has 4 nitrogen and oxygen atoms in total. The molecule has 1 saturated carbocycles. The summed E-state index contributed by atoms with van der Waals surface area (Å²) in [4.78, 5) is 13.8. The van der Waals surface area contributed by atoms with Gasteiger partial charge in [-0.05, 0) is 77.0 Å². The van der Waals surface area contributed by atoms with Crippen LogP contribution in [0.2, 0.25) is 0 Å². The number of hydrogen-bond acceptors (Lipinski definition) is 3. The fraction of sp³-hybridized carbons (Fsp3) is 0.164. The Labute approximate surface area is 353 Å². The molecule has 3 atom stereocenters. The van der Waals surface area contributed by atoms with Gasteiger partial charge in [-0.25, -0.2) is 9.97 Å². The Morgan fingerprint density at radius 3 is 1.80 bits per heavy atom. The Hall–Kier alpha value is -6.56. The van der Waals surface area contributed by atoms with Crippen molar-refractivity contribution < 1.29 is 0 Å². The summed E-state index contributed by atoms with van der Waals surface area (Å²) in [6, 6.07) is 72.5. The van der Waals surface area contributed by atoms with E-state index in [0.29, 0.717) is 17.9 Å². The summed E-state index contributed by atoms with van der Waals surface area (Å²) < 4.78 is 2.40. The van der Waals surface area contributed by atoms with Crippen molar-refractivity contribution in [1.82, 2.24) is 14.5 Å². The molecule has 1 aliphatic heterocycles. The van der Waals surface area contributed by atoms with Crippen LogP contribution >= 0.6 is 0 Å². The number of hydrogen-bond donors (Lipinski definition) is 0. The third kappa shape index (κ3) is 6.10. The molecule has 9 aromatic rings. The van der Waals surface area contributed by atoms with E-state index < -0.39 is 8.07 Å². The van der Waals surface area contributed by atoms with Crippen LogP contribution in [0.15, 0.2) is 194 Å². The lowest BCUT2D eigenvalue weighted by Gasteiger charge is -2.42. The van der Waals surface area contributed by atoms with E-state index in [9.17, 15) is 0 Å². The van der Waals surface area contributed by atoms with Crippen LogP contribution in [-0.4, -0.2) is 34.7 Å². The van der Waals surface area contributed by atoms with E-state index in [1.807, 2.05) is 0 Å². The third-order valence-electron chi connectivity index (χ3n) is 13.5. The second-order valence-corrected chi connectivity index (χ2v) is 20.6. The van der Waals surface area contributed by atoms with Crippen LogP contribution in [0.3, 0.4) is 0 Å². The van der Waals surface area contributed by atoms with Gasteiger partial charge in [-0.2, -0.15) is 0 Å². The first-order valence-electron chi connectivity index (χ1n) is 21.7. The Kier molecular flexibility index (Phi) is 9.27. The topological polar surface area (TPSA) is 34.0 Å². The lowest BCUT2D eigenvalue weighted by molar-refractivity contribution is 0.351. The first-order chi connectivity index (χ1) is 29.7. The zero-order valence-electron chi connectivity index (χ0n) is 34.0. The molecule has 5 heteroatoms. The highest BCUT2D eigenvalue weighted by Gasteiger charge is 2.42. The van der Waals surface area contributed by atoms with Gasteiger partial charge in [0.25, 0.3) is 0 Å². The number of anilines is 1. The van der Waals surface area contributed by atoms with E-state index in [1.54, 1.807) is 0 Å². The molecular formula is C55H48N4Si. The molecule has 1 saturated heterocycles. The predicted molar refractivity (Wildman–Crippen MR) is 253 cm³/mol. The molecule has 2 fully saturated rings. The summed E-state index contributed by atoms with van der Waals surface area (Å²) >= 11 is 0. The molecule has 11 rings (SSSR count). The molecule has 60 heavy (non-hydrogen) atoms. The molecule has 2 bridgehead atoms. The number of rotatable bonds is 9. The summed E-state index contributed by atoms with van der Waals surface area (Å²) in [7, 11) is -2.78. The second-order valence-electron chi connectivity index (χ2n) is 16.8. The van der Waals surface area contributed by atoms with Gasteiger partial charge in [0.2, 0.25) is 0 Å². The summed E-state index contributed by atoms with van der Waals surface area (Å²) in [6.45, 7) is 2.37. The molecule has 3 heterocycles. The number of fused-ring (bicyclic) bond motifs is 5. The Balaban J connectivity index is 1.14. The quantitative estimate of drug-likeness (QED) is 0.108. The number of piperidine rings is 1. The lowest BCUT2D eigenvalue weighted by atomic mass is 9.90. The molecule has 0 N–H and O–H groups in total. The van der Waals surface area contributed by atoms with Crippen LogP contribution in [0.4, 0.5) is 5.69 Å². The van der Waals surface area contributed by atoms with E-state index in [1.165, 1.54) is 74.8 Å². The zero-order valence-corrected chi connectivity index (χ0v) is 35.0. The van der Waals surface area contributed by atoms with Gasteiger partial charge in [-0.15, -0.1) is 0 Å². The summed E-state index contributed by atoms with van der Waals surface area (Å²) in [6.07, 6.45) is 6.44. The molecule has 3 unspecified atom stereocenters. The average Bonchev–Trinajstić information content (AvgIpc) is 3.87. The van der Waals surface area contributed by atoms with E-state index in [0.717, 1.165) is 34.1 Å². The SMILES string of the molecule is CCC1CC2CCC(C2)N1c1ccc2c3ccccc3n(-c3cc(-c4ccccc4)nc(-c4cccc([Si](c5ccccc5)(c5ccccc5)c5ccccc5)c4)n3)c2c1. The lowest BCUT2D eigenvalue weighted by Crippen LogP contribution is -2.74. The van der Waals surface area contributed by atoms with Crippen molar-refractivity contribution in [3.05, 3.63) is 194 Å². The Morgan fingerprint density at radius 1 is 0.517 bits per heavy atom. The first kappa shape index (κ1) is 36.5. The van der Waals surface area contributed by atoms with Crippen molar-refractivity contribution in [3.63, 3.8) is 0 Å². The molecule has 7 aromatic carbocycles. The monoisotopic (exact) mass is 792 g/mol. The van der Waals surface area contributed by atoms with Crippen LogP contribution < -0.4 is 25.6 Å². The van der Waals surface area contributed by atoms with Gasteiger partial charge in [-0.1, -0.05) is 177 Å². The van der Waals surface area contributed by atoms with E-state index >= 15 is 0 Å². The fourth-order valence-corrected chi connectivity index (χ4v) is 15.6. The molecule has 0 radical (unpaired) electrons. The van der Waals surface area contributed by atoms with Gasteiger partial charge in [0.15, 0.2) is 13.9 Å². The molecule has 1 aliphatic carbocycles. The smallest absolute Gasteiger partial charge is 0.179 e. The van der Waals surface area contributed by atoms with E-state index in [2.05, 4.69) is 211 Å². The predicted octanol–water partition coefficient (Wildman–Crippen LogP) is 10.4. The Morgan fingerprint density at radius 2 is 1.12 bits per heavy atom. The third-order valence-corrected chi connectivity index (χ3v) is 18.3. The molecule has 2 aromatic heterocycles. The number of aromatic nitrogens is 3. The maximum atomic E-state index is 5.58. The van der Waals surface area contributed by atoms with Crippen LogP contribution in [0.5, 0.6) is 0 Å². The largest absolute Gasteiger partial charge is 0.365 e. The van der Waals surface area contributed by atoms with Gasteiger partial charge in [0, 0.05) is 45.7 Å². The van der Waals surface area contributed by atoms with Crippen LogP contribution in [-0.2, 0) is 0 Å². The minimum Gasteiger partial charge on any atom is -0.365 e. The maximum absolute atomic E-state index is 5.58. The van der Waals surface area contributed by atoms with Crippen molar-refractivity contribution in [2.24, 2.45) is 5.92 Å². The van der Waals surface area contributed by atoms with Gasteiger partial charge >= 0.3 is 0 Å². The molecule has 2 aliphatic rings. The van der Waals surface area contributed by atoms with E-state index in [4.69, 9.17) is 9.97 Å². The van der Waals surface area contributed by atoms with Crippen molar-refractivity contribution in [3.8, 4) is 28.5 Å². The van der Waals surface area contributed by atoms with Gasteiger partial charge < -0.3 is 4.90 Å². The maximum Gasteiger partial charge on any atom is 0.179 e. The molecule has 0 amide bonds. The van der Waals surface area contributed by atoms with E-state index in [-0.39, 0.29) is 0 Å². The standard InChI is InChI=1S/C55H48N4Si/c1-2-42-34-39-30-31-43(35-39)58(42)44-32-33-50-49-28-15-16-29-52(49)59(53(50)37-44)54-38-51(40-18-7-3-8-19-40)56-55(57-54)41-20-17-27-48(36-41)60(45-21-9-4-10-22-45,46-23-11-5-12-24-46)47-25-13-6-14-26-47/h3-29,32-33,36-39,42-43H,2,30-31,34-35H2,1H3. The van der Waals surface area contributed by atoms with Crippen LogP contribution in [0.1, 0.15) is 39.0 Å². The normalized spacial score (nSPS) is 17.7. The summed E-state index contributed by atoms with van der Waals surface area (Å²) in [5, 5.41) is 7.80. The number of benzene rings is 7. The number of nitrogens with zero attached hydrogens (tertiary/aromatic N) is 4. The highest BCUT2D eigenvalue weighted by atomic mass is 28.3. The molecule has 292 valence electrons. The average molecular weight is 793 g/mol. The van der Waals surface area contributed by atoms with Crippen LogP contribution in [0, 0.1) is 5.92 Å². The van der Waals surface area contributed by atoms with Gasteiger partial charge in [0.05, 0.1) is 16.7 Å². The van der Waals surface area contributed by atoms with Crippen molar-refractivity contribution >= 4 is 56.3 Å². The van der Waals surface area contributed by atoms with Gasteiger partial charge in [0.1, 0.15) is 5.82 Å².